The third-order valence-corrected chi connectivity index (χ3v) is 5.39. The topological polar surface area (TPSA) is 53.9 Å². The van der Waals surface area contributed by atoms with E-state index < -0.39 is 0 Å². The summed E-state index contributed by atoms with van der Waals surface area (Å²) in [5.74, 6) is -0.108. The van der Waals surface area contributed by atoms with Gasteiger partial charge < -0.3 is 15.0 Å². The molecule has 0 saturated carbocycles. The Hall–Kier alpha value is -2.57. The summed E-state index contributed by atoms with van der Waals surface area (Å²) in [6, 6.07) is 16.2. The van der Waals surface area contributed by atoms with E-state index in [2.05, 4.69) is 27.3 Å². The van der Waals surface area contributed by atoms with Gasteiger partial charge in [0.2, 0.25) is 0 Å². The molecule has 2 aliphatic rings. The van der Waals surface area contributed by atoms with E-state index in [4.69, 9.17) is 4.74 Å². The molecule has 4 rings (SSSR count). The molecule has 1 N–H and O–H groups in total. The number of nitrogens with zero attached hydrogens (tertiary/aromatic N) is 2. The fraction of sp³-hybridized carbons (Fsp3) is 0.238. The lowest BCUT2D eigenvalue weighted by Gasteiger charge is -2.28. The van der Waals surface area contributed by atoms with Gasteiger partial charge in [-0.15, -0.1) is 0 Å². The number of ether oxygens (including phenoxy) is 1. The average Bonchev–Trinajstić information content (AvgIpc) is 3.04. The van der Waals surface area contributed by atoms with E-state index in [0.29, 0.717) is 10.1 Å². The minimum atomic E-state index is -0.108. The standard InChI is InChI=1S/C21H21N3O2S/c1-15-2-6-17(7-3-15)22-21-23-20(25)19(27-21)14-16-4-8-18(9-5-16)24-10-12-26-13-11-24/h2-9,14H,10-13H2,1H3,(H,22,23,25). The molecule has 1 amide bonds. The van der Waals surface area contributed by atoms with Gasteiger partial charge in [0.15, 0.2) is 5.17 Å². The Labute approximate surface area is 163 Å². The summed E-state index contributed by atoms with van der Waals surface area (Å²) in [6.45, 7) is 5.40. The predicted molar refractivity (Wildman–Crippen MR) is 111 cm³/mol. The smallest absolute Gasteiger partial charge is 0.264 e. The fourth-order valence-electron chi connectivity index (χ4n) is 2.97. The summed E-state index contributed by atoms with van der Waals surface area (Å²) in [6.07, 6.45) is 1.90. The Kier molecular flexibility index (Phi) is 5.27. The van der Waals surface area contributed by atoms with Crippen molar-refractivity contribution in [3.63, 3.8) is 0 Å². The SMILES string of the molecule is Cc1ccc(N=C2NC(=O)C(=Cc3ccc(N4CCOCC4)cc3)S2)cc1. The van der Waals surface area contributed by atoms with Crippen molar-refractivity contribution in [3.8, 4) is 0 Å². The zero-order valence-electron chi connectivity index (χ0n) is 15.1. The lowest BCUT2D eigenvalue weighted by molar-refractivity contribution is -0.115. The molecule has 0 unspecified atom stereocenters. The van der Waals surface area contributed by atoms with Crippen LogP contribution in [0, 0.1) is 6.92 Å². The molecular formula is C21H21N3O2S. The number of thioether (sulfide) groups is 1. The van der Waals surface area contributed by atoms with Gasteiger partial charge in [-0.05, 0) is 54.6 Å². The maximum Gasteiger partial charge on any atom is 0.264 e. The number of anilines is 1. The molecule has 5 nitrogen and oxygen atoms in total. The second-order valence-electron chi connectivity index (χ2n) is 6.51. The molecule has 0 radical (unpaired) electrons. The number of hydrogen-bond donors (Lipinski definition) is 1. The van der Waals surface area contributed by atoms with Gasteiger partial charge in [-0.1, -0.05) is 29.8 Å². The molecule has 6 heteroatoms. The van der Waals surface area contributed by atoms with Crippen LogP contribution >= 0.6 is 11.8 Å². The van der Waals surface area contributed by atoms with E-state index >= 15 is 0 Å². The van der Waals surface area contributed by atoms with Gasteiger partial charge in [-0.2, -0.15) is 0 Å². The zero-order chi connectivity index (χ0) is 18.6. The molecule has 2 fully saturated rings. The monoisotopic (exact) mass is 379 g/mol. The van der Waals surface area contributed by atoms with Gasteiger partial charge in [-0.25, -0.2) is 4.99 Å². The average molecular weight is 379 g/mol. The highest BCUT2D eigenvalue weighted by atomic mass is 32.2. The van der Waals surface area contributed by atoms with E-state index in [9.17, 15) is 4.79 Å². The number of carbonyl (C=O) groups is 1. The van der Waals surface area contributed by atoms with Crippen LogP contribution in [0.3, 0.4) is 0 Å². The van der Waals surface area contributed by atoms with Crippen LogP contribution in [0.2, 0.25) is 0 Å². The first-order chi connectivity index (χ1) is 13.2. The third kappa shape index (κ3) is 4.40. The summed E-state index contributed by atoms with van der Waals surface area (Å²) in [4.78, 5) is 19.7. The first-order valence-electron chi connectivity index (χ1n) is 8.96. The van der Waals surface area contributed by atoms with Crippen molar-refractivity contribution in [2.75, 3.05) is 31.2 Å². The minimum absolute atomic E-state index is 0.108. The molecule has 0 atom stereocenters. The lowest BCUT2D eigenvalue weighted by Crippen LogP contribution is -2.36. The van der Waals surface area contributed by atoms with Crippen molar-refractivity contribution in [1.29, 1.82) is 0 Å². The first kappa shape index (κ1) is 17.8. The normalized spacial score (nSPS) is 20.3. The fourth-order valence-corrected chi connectivity index (χ4v) is 3.81. The first-order valence-corrected chi connectivity index (χ1v) is 9.78. The van der Waals surface area contributed by atoms with Crippen molar-refractivity contribution in [2.24, 2.45) is 4.99 Å². The van der Waals surface area contributed by atoms with Crippen molar-refractivity contribution < 1.29 is 9.53 Å². The van der Waals surface area contributed by atoms with Crippen molar-refractivity contribution >= 4 is 40.3 Å². The maximum absolute atomic E-state index is 12.2. The highest BCUT2D eigenvalue weighted by Gasteiger charge is 2.23. The minimum Gasteiger partial charge on any atom is -0.378 e. The van der Waals surface area contributed by atoms with E-state index in [-0.39, 0.29) is 5.91 Å². The van der Waals surface area contributed by atoms with Gasteiger partial charge in [0.1, 0.15) is 0 Å². The van der Waals surface area contributed by atoms with Crippen molar-refractivity contribution in [1.82, 2.24) is 5.32 Å². The molecular weight excluding hydrogens is 358 g/mol. The number of morpholine rings is 1. The number of amides is 1. The number of hydrogen-bond acceptors (Lipinski definition) is 5. The van der Waals surface area contributed by atoms with Crippen LogP contribution in [-0.4, -0.2) is 37.4 Å². The molecule has 0 aliphatic carbocycles. The molecule has 0 aromatic heterocycles. The molecule has 0 spiro atoms. The zero-order valence-corrected chi connectivity index (χ0v) is 16.0. The van der Waals surface area contributed by atoms with Crippen LogP contribution in [0.1, 0.15) is 11.1 Å². The summed E-state index contributed by atoms with van der Waals surface area (Å²) < 4.78 is 5.39. The Bertz CT molecular complexity index is 883. The molecule has 2 saturated heterocycles. The van der Waals surface area contributed by atoms with Crippen LogP contribution < -0.4 is 10.2 Å². The van der Waals surface area contributed by atoms with Gasteiger partial charge in [0.05, 0.1) is 23.8 Å². The number of aliphatic imine (C=N–C) groups is 1. The maximum atomic E-state index is 12.2. The van der Waals surface area contributed by atoms with Gasteiger partial charge in [0.25, 0.3) is 5.91 Å². The highest BCUT2D eigenvalue weighted by molar-refractivity contribution is 8.18. The van der Waals surface area contributed by atoms with Crippen LogP contribution in [0.4, 0.5) is 11.4 Å². The molecule has 2 aromatic carbocycles. The summed E-state index contributed by atoms with van der Waals surface area (Å²) in [5, 5.41) is 3.45. The van der Waals surface area contributed by atoms with Crippen LogP contribution in [-0.2, 0) is 9.53 Å². The van der Waals surface area contributed by atoms with E-state index in [1.807, 2.05) is 49.4 Å². The molecule has 2 aromatic rings. The predicted octanol–water partition coefficient (Wildman–Crippen LogP) is 3.72. The van der Waals surface area contributed by atoms with E-state index in [1.54, 1.807) is 0 Å². The molecule has 2 heterocycles. The number of aryl methyl sites for hydroxylation is 1. The number of amidine groups is 1. The van der Waals surface area contributed by atoms with Gasteiger partial charge in [0, 0.05) is 18.8 Å². The Balaban J connectivity index is 1.47. The second kappa shape index (κ2) is 7.98. The van der Waals surface area contributed by atoms with Gasteiger partial charge >= 0.3 is 0 Å². The van der Waals surface area contributed by atoms with Crippen molar-refractivity contribution in [2.45, 2.75) is 6.92 Å². The molecule has 0 bridgehead atoms. The number of benzene rings is 2. The Morgan fingerprint density at radius 3 is 2.48 bits per heavy atom. The highest BCUT2D eigenvalue weighted by Crippen LogP contribution is 2.28. The van der Waals surface area contributed by atoms with Crippen molar-refractivity contribution in [3.05, 3.63) is 64.6 Å². The number of rotatable bonds is 3. The Morgan fingerprint density at radius 1 is 1.07 bits per heavy atom. The molecule has 27 heavy (non-hydrogen) atoms. The summed E-state index contributed by atoms with van der Waals surface area (Å²) in [5.41, 5.74) is 4.20. The molecule has 138 valence electrons. The van der Waals surface area contributed by atoms with Crippen LogP contribution in [0.5, 0.6) is 0 Å². The van der Waals surface area contributed by atoms with Gasteiger partial charge in [-0.3, -0.25) is 4.79 Å². The Morgan fingerprint density at radius 2 is 1.78 bits per heavy atom. The van der Waals surface area contributed by atoms with Crippen LogP contribution in [0.25, 0.3) is 6.08 Å². The number of nitrogens with one attached hydrogen (secondary N) is 1. The van der Waals surface area contributed by atoms with Crippen LogP contribution in [0.15, 0.2) is 58.4 Å². The third-order valence-electron chi connectivity index (χ3n) is 4.48. The largest absolute Gasteiger partial charge is 0.378 e. The quantitative estimate of drug-likeness (QED) is 0.826. The second-order valence-corrected chi connectivity index (χ2v) is 7.54. The van der Waals surface area contributed by atoms with E-state index in [0.717, 1.165) is 37.6 Å². The summed E-state index contributed by atoms with van der Waals surface area (Å²) >= 11 is 1.37. The lowest BCUT2D eigenvalue weighted by atomic mass is 10.1. The summed E-state index contributed by atoms with van der Waals surface area (Å²) in [7, 11) is 0. The number of carbonyl (C=O) groups excluding carboxylic acids is 1. The molecule has 2 aliphatic heterocycles. The van der Waals surface area contributed by atoms with E-state index in [1.165, 1.54) is 23.0 Å².